The van der Waals surface area contributed by atoms with E-state index in [0.717, 1.165) is 24.3 Å². The Hall–Kier alpha value is -1.93. The lowest BCUT2D eigenvalue weighted by molar-refractivity contribution is -0.274. The van der Waals surface area contributed by atoms with Crippen LogP contribution in [0.15, 0.2) is 42.5 Å². The Labute approximate surface area is 137 Å². The molecule has 2 nitrogen and oxygen atoms in total. The Morgan fingerprint density at radius 3 is 1.88 bits per heavy atom. The first-order valence-electron chi connectivity index (χ1n) is 6.45. The summed E-state index contributed by atoms with van der Waals surface area (Å²) in [6.45, 7) is 0. The summed E-state index contributed by atoms with van der Waals surface area (Å²) in [4.78, 5) is 0. The van der Waals surface area contributed by atoms with Gasteiger partial charge in [0.25, 0.3) is 0 Å². The summed E-state index contributed by atoms with van der Waals surface area (Å²) in [6, 6.07) is 6.90. The minimum absolute atomic E-state index is 0.289. The summed E-state index contributed by atoms with van der Waals surface area (Å²) >= 11 is 5.62. The highest BCUT2D eigenvalue weighted by Gasteiger charge is 2.33. The van der Waals surface area contributed by atoms with Gasteiger partial charge in [0, 0.05) is 0 Å². The SMILES string of the molecule is N[C@@H](c1ccc(OC(F)(F)F)cc1)c1ccc(C(F)(F)F)c(Cl)c1. The van der Waals surface area contributed by atoms with E-state index in [2.05, 4.69) is 4.74 Å². The summed E-state index contributed by atoms with van der Waals surface area (Å²) in [6.07, 6.45) is -9.40. The van der Waals surface area contributed by atoms with Gasteiger partial charge in [0.1, 0.15) is 5.75 Å². The van der Waals surface area contributed by atoms with E-state index in [1.54, 1.807) is 0 Å². The molecule has 1 atom stereocenters. The average Bonchev–Trinajstić information content (AvgIpc) is 2.44. The van der Waals surface area contributed by atoms with Gasteiger partial charge in [0.2, 0.25) is 0 Å². The molecule has 0 saturated heterocycles. The summed E-state index contributed by atoms with van der Waals surface area (Å²) < 4.78 is 78.0. The van der Waals surface area contributed by atoms with Crippen molar-refractivity contribution in [3.8, 4) is 5.75 Å². The molecule has 0 spiro atoms. The van der Waals surface area contributed by atoms with Crippen molar-refractivity contribution in [1.82, 2.24) is 0 Å². The zero-order chi connectivity index (χ0) is 18.1. The molecule has 2 aromatic carbocycles. The second-order valence-corrected chi connectivity index (χ2v) is 5.24. The molecule has 0 fully saturated rings. The van der Waals surface area contributed by atoms with Gasteiger partial charge in [-0.25, -0.2) is 0 Å². The van der Waals surface area contributed by atoms with E-state index >= 15 is 0 Å². The van der Waals surface area contributed by atoms with Crippen LogP contribution in [-0.2, 0) is 6.18 Å². The van der Waals surface area contributed by atoms with E-state index in [9.17, 15) is 26.3 Å². The van der Waals surface area contributed by atoms with Crippen LogP contribution >= 0.6 is 11.6 Å². The smallest absolute Gasteiger partial charge is 0.406 e. The minimum atomic E-state index is -4.81. The number of halogens is 7. The third-order valence-electron chi connectivity index (χ3n) is 3.13. The summed E-state index contributed by atoms with van der Waals surface area (Å²) in [7, 11) is 0. The maximum atomic E-state index is 12.7. The van der Waals surface area contributed by atoms with Crippen LogP contribution in [0.1, 0.15) is 22.7 Å². The van der Waals surface area contributed by atoms with Gasteiger partial charge in [-0.1, -0.05) is 29.8 Å². The van der Waals surface area contributed by atoms with Crippen molar-refractivity contribution < 1.29 is 31.1 Å². The zero-order valence-corrected chi connectivity index (χ0v) is 12.5. The normalized spacial score (nSPS) is 13.7. The predicted octanol–water partition coefficient (Wildman–Crippen LogP) is 5.31. The summed E-state index contributed by atoms with van der Waals surface area (Å²) in [5.41, 5.74) is 5.61. The molecule has 0 aliphatic rings. The first-order valence-corrected chi connectivity index (χ1v) is 6.83. The first-order chi connectivity index (χ1) is 11.0. The molecule has 0 heterocycles. The maximum absolute atomic E-state index is 12.7. The standard InChI is InChI=1S/C15H10ClF6NO/c16-12-7-9(3-6-11(12)14(17,18)19)13(23)8-1-4-10(5-2-8)24-15(20,21)22/h1-7,13H,23H2/t13-/m0/s1. The zero-order valence-electron chi connectivity index (χ0n) is 11.8. The molecule has 0 unspecified atom stereocenters. The Morgan fingerprint density at radius 1 is 0.875 bits per heavy atom. The summed E-state index contributed by atoms with van der Waals surface area (Å²) in [5, 5.41) is -0.507. The fourth-order valence-electron chi connectivity index (χ4n) is 2.02. The second kappa shape index (κ2) is 6.52. The van der Waals surface area contributed by atoms with Crippen LogP contribution < -0.4 is 10.5 Å². The molecule has 0 aromatic heterocycles. The second-order valence-electron chi connectivity index (χ2n) is 4.83. The number of hydrogen-bond acceptors (Lipinski definition) is 2. The Morgan fingerprint density at radius 2 is 1.42 bits per heavy atom. The van der Waals surface area contributed by atoms with Crippen LogP contribution in [0.25, 0.3) is 0 Å². The fourth-order valence-corrected chi connectivity index (χ4v) is 2.32. The Kier molecular flexibility index (Phi) is 5.00. The largest absolute Gasteiger partial charge is 0.573 e. The van der Waals surface area contributed by atoms with Gasteiger partial charge < -0.3 is 10.5 Å². The highest BCUT2D eigenvalue weighted by molar-refractivity contribution is 6.31. The molecule has 0 aliphatic carbocycles. The van der Waals surface area contributed by atoms with Crippen molar-refractivity contribution in [3.05, 3.63) is 64.2 Å². The average molecular weight is 370 g/mol. The number of rotatable bonds is 3. The first kappa shape index (κ1) is 18.4. The van der Waals surface area contributed by atoms with Gasteiger partial charge >= 0.3 is 12.5 Å². The number of hydrogen-bond donors (Lipinski definition) is 1. The lowest BCUT2D eigenvalue weighted by atomic mass is 9.98. The molecular formula is C15H10ClF6NO. The van der Waals surface area contributed by atoms with Crippen LogP contribution in [0.3, 0.4) is 0 Å². The molecule has 0 saturated carbocycles. The third kappa shape index (κ3) is 4.55. The van der Waals surface area contributed by atoms with Gasteiger partial charge in [-0.3, -0.25) is 0 Å². The molecular weight excluding hydrogens is 360 g/mol. The molecule has 24 heavy (non-hydrogen) atoms. The fraction of sp³-hybridized carbons (Fsp3) is 0.200. The maximum Gasteiger partial charge on any atom is 0.573 e. The highest BCUT2D eigenvalue weighted by Crippen LogP contribution is 2.36. The van der Waals surface area contributed by atoms with Crippen molar-refractivity contribution in [2.75, 3.05) is 0 Å². The van der Waals surface area contributed by atoms with E-state index < -0.39 is 34.9 Å². The van der Waals surface area contributed by atoms with Crippen molar-refractivity contribution >= 4 is 11.6 Å². The van der Waals surface area contributed by atoms with Crippen molar-refractivity contribution in [2.24, 2.45) is 5.73 Å². The lowest BCUT2D eigenvalue weighted by Gasteiger charge is -2.16. The Bertz CT molecular complexity index is 711. The van der Waals surface area contributed by atoms with Crippen LogP contribution in [-0.4, -0.2) is 6.36 Å². The van der Waals surface area contributed by atoms with Crippen LogP contribution in [0.2, 0.25) is 5.02 Å². The molecule has 9 heteroatoms. The van der Waals surface area contributed by atoms with E-state index in [-0.39, 0.29) is 5.56 Å². The molecule has 2 aromatic rings. The van der Waals surface area contributed by atoms with Gasteiger partial charge in [-0.05, 0) is 35.4 Å². The number of alkyl halides is 6. The van der Waals surface area contributed by atoms with Crippen molar-refractivity contribution in [1.29, 1.82) is 0 Å². The summed E-state index contributed by atoms with van der Waals surface area (Å²) in [5.74, 6) is -0.427. The lowest BCUT2D eigenvalue weighted by Crippen LogP contribution is -2.17. The van der Waals surface area contributed by atoms with Gasteiger partial charge in [0.15, 0.2) is 0 Å². The molecule has 130 valence electrons. The quantitative estimate of drug-likeness (QED) is 0.745. The van der Waals surface area contributed by atoms with E-state index in [1.165, 1.54) is 18.2 Å². The Balaban J connectivity index is 2.23. The van der Waals surface area contributed by atoms with E-state index in [4.69, 9.17) is 17.3 Å². The molecule has 0 amide bonds. The van der Waals surface area contributed by atoms with Gasteiger partial charge in [-0.15, -0.1) is 13.2 Å². The molecule has 0 radical (unpaired) electrons. The van der Waals surface area contributed by atoms with Crippen molar-refractivity contribution in [3.63, 3.8) is 0 Å². The van der Waals surface area contributed by atoms with E-state index in [1.807, 2.05) is 0 Å². The number of benzene rings is 2. The molecule has 2 N–H and O–H groups in total. The number of ether oxygens (including phenoxy) is 1. The van der Waals surface area contributed by atoms with Crippen LogP contribution in [0.4, 0.5) is 26.3 Å². The topological polar surface area (TPSA) is 35.2 Å². The van der Waals surface area contributed by atoms with Gasteiger partial charge in [-0.2, -0.15) is 13.2 Å². The molecule has 2 rings (SSSR count). The predicted molar refractivity (Wildman–Crippen MR) is 75.6 cm³/mol. The minimum Gasteiger partial charge on any atom is -0.406 e. The monoisotopic (exact) mass is 369 g/mol. The van der Waals surface area contributed by atoms with Crippen LogP contribution in [0.5, 0.6) is 5.75 Å². The van der Waals surface area contributed by atoms with E-state index in [0.29, 0.717) is 5.56 Å². The highest BCUT2D eigenvalue weighted by atomic mass is 35.5. The third-order valence-corrected chi connectivity index (χ3v) is 3.44. The molecule has 0 aliphatic heterocycles. The number of nitrogens with two attached hydrogens (primary N) is 1. The van der Waals surface area contributed by atoms with Crippen LogP contribution in [0, 0.1) is 0 Å². The molecule has 0 bridgehead atoms. The van der Waals surface area contributed by atoms with Crippen molar-refractivity contribution in [2.45, 2.75) is 18.6 Å². The van der Waals surface area contributed by atoms with Gasteiger partial charge in [0.05, 0.1) is 16.6 Å².